The fraction of sp³-hybridized carbons (Fsp3) is 0.533. The van der Waals surface area contributed by atoms with E-state index in [0.717, 1.165) is 55.1 Å². The molecule has 1 atom stereocenters. The maximum absolute atomic E-state index is 12.5. The van der Waals surface area contributed by atoms with Crippen LogP contribution < -0.4 is 15.5 Å². The lowest BCUT2D eigenvalue weighted by molar-refractivity contribution is -0.122. The van der Waals surface area contributed by atoms with E-state index in [4.69, 9.17) is 0 Å². The predicted molar refractivity (Wildman–Crippen MR) is 87.2 cm³/mol. The van der Waals surface area contributed by atoms with E-state index in [2.05, 4.69) is 25.5 Å². The fourth-order valence-corrected chi connectivity index (χ4v) is 3.88. The lowest BCUT2D eigenvalue weighted by Gasteiger charge is -2.29. The van der Waals surface area contributed by atoms with Crippen LogP contribution in [0.25, 0.3) is 10.2 Å². The molecular weight excluding hydrogens is 298 g/mol. The molecule has 2 aromatic heterocycles. The Morgan fingerprint density at radius 3 is 3.18 bits per heavy atom. The number of amides is 1. The number of nitrogens with one attached hydrogen (secondary N) is 2. The van der Waals surface area contributed by atoms with Crippen LogP contribution >= 0.6 is 11.3 Å². The first-order chi connectivity index (χ1) is 10.8. The molecule has 2 fully saturated rings. The summed E-state index contributed by atoms with van der Waals surface area (Å²) in [5.41, 5.74) is 0. The number of hydrogen-bond acceptors (Lipinski definition) is 6. The number of rotatable bonds is 4. The molecule has 0 spiro atoms. The molecule has 2 aliphatic heterocycles. The highest BCUT2D eigenvalue weighted by atomic mass is 32.1. The fourth-order valence-electron chi connectivity index (χ4n) is 3.15. The summed E-state index contributed by atoms with van der Waals surface area (Å²) in [6, 6.07) is 1.94. The summed E-state index contributed by atoms with van der Waals surface area (Å²) in [7, 11) is 0. The molecule has 2 saturated heterocycles. The van der Waals surface area contributed by atoms with Crippen LogP contribution in [0.5, 0.6) is 0 Å². The quantitative estimate of drug-likeness (QED) is 0.880. The van der Waals surface area contributed by atoms with Crippen molar-refractivity contribution in [3.63, 3.8) is 0 Å². The van der Waals surface area contributed by atoms with Crippen LogP contribution in [-0.2, 0) is 4.79 Å². The second-order valence-electron chi connectivity index (χ2n) is 5.96. The zero-order valence-electron chi connectivity index (χ0n) is 12.3. The van der Waals surface area contributed by atoms with E-state index in [0.29, 0.717) is 5.92 Å². The van der Waals surface area contributed by atoms with Crippen LogP contribution in [-0.4, -0.2) is 48.1 Å². The van der Waals surface area contributed by atoms with Crippen molar-refractivity contribution in [3.05, 3.63) is 17.8 Å². The Bertz CT molecular complexity index is 683. The molecule has 4 heterocycles. The molecular formula is C15H19N5OS. The molecule has 22 heavy (non-hydrogen) atoms. The Balaban J connectivity index is 1.52. The largest absolute Gasteiger partial charge is 0.354 e. The molecule has 2 N–H and O–H groups in total. The van der Waals surface area contributed by atoms with E-state index in [1.807, 2.05) is 11.4 Å². The van der Waals surface area contributed by atoms with E-state index in [1.54, 1.807) is 17.7 Å². The molecule has 4 rings (SSSR count). The molecule has 6 nitrogen and oxygen atoms in total. The normalized spacial score (nSPS) is 22.0. The minimum Gasteiger partial charge on any atom is -0.354 e. The third-order valence-electron chi connectivity index (χ3n) is 4.50. The second kappa shape index (κ2) is 5.81. The number of fused-ring (bicyclic) bond motifs is 1. The Hall–Kier alpha value is -1.73. The Labute approximate surface area is 132 Å². The van der Waals surface area contributed by atoms with Gasteiger partial charge in [0.05, 0.1) is 5.39 Å². The molecule has 7 heteroatoms. The van der Waals surface area contributed by atoms with Crippen LogP contribution in [0.15, 0.2) is 17.8 Å². The molecule has 2 aromatic rings. The number of nitrogens with zero attached hydrogens (tertiary/aromatic N) is 3. The van der Waals surface area contributed by atoms with Crippen LogP contribution in [0.2, 0.25) is 0 Å². The number of carbonyl (C=O) groups excluding carboxylic acids is 1. The van der Waals surface area contributed by atoms with Crippen molar-refractivity contribution in [2.24, 2.45) is 5.92 Å². The van der Waals surface area contributed by atoms with Crippen molar-refractivity contribution in [1.82, 2.24) is 20.6 Å². The molecule has 0 aromatic carbocycles. The van der Waals surface area contributed by atoms with Gasteiger partial charge in [-0.15, -0.1) is 11.3 Å². The summed E-state index contributed by atoms with van der Waals surface area (Å²) < 4.78 is 0. The summed E-state index contributed by atoms with van der Waals surface area (Å²) in [5, 5.41) is 9.41. The van der Waals surface area contributed by atoms with Gasteiger partial charge in [0.1, 0.15) is 23.0 Å². The van der Waals surface area contributed by atoms with Crippen molar-refractivity contribution in [3.8, 4) is 0 Å². The minimum atomic E-state index is -0.106. The summed E-state index contributed by atoms with van der Waals surface area (Å²) in [6.07, 6.45) is 3.52. The van der Waals surface area contributed by atoms with Gasteiger partial charge in [-0.3, -0.25) is 4.79 Å². The van der Waals surface area contributed by atoms with Crippen molar-refractivity contribution < 1.29 is 4.79 Å². The number of aromatic nitrogens is 2. The van der Waals surface area contributed by atoms with Gasteiger partial charge in [0, 0.05) is 32.1 Å². The van der Waals surface area contributed by atoms with Gasteiger partial charge in [0.15, 0.2) is 0 Å². The third-order valence-corrected chi connectivity index (χ3v) is 5.32. The Morgan fingerprint density at radius 1 is 1.45 bits per heavy atom. The van der Waals surface area contributed by atoms with Gasteiger partial charge in [0.25, 0.3) is 0 Å². The average Bonchev–Trinajstić information content (AvgIpc) is 3.14. The highest BCUT2D eigenvalue weighted by Crippen LogP contribution is 2.31. The monoisotopic (exact) mass is 317 g/mol. The maximum atomic E-state index is 12.5. The van der Waals surface area contributed by atoms with Gasteiger partial charge in [-0.1, -0.05) is 0 Å². The van der Waals surface area contributed by atoms with Crippen molar-refractivity contribution in [2.45, 2.75) is 18.9 Å². The average molecular weight is 317 g/mol. The lowest BCUT2D eigenvalue weighted by atomic mass is 10.0. The zero-order valence-corrected chi connectivity index (χ0v) is 13.1. The first kappa shape index (κ1) is 13.9. The number of carbonyl (C=O) groups is 1. The zero-order chi connectivity index (χ0) is 14.9. The first-order valence-electron chi connectivity index (χ1n) is 7.76. The van der Waals surface area contributed by atoms with Gasteiger partial charge in [-0.05, 0) is 24.3 Å². The van der Waals surface area contributed by atoms with Gasteiger partial charge < -0.3 is 15.5 Å². The van der Waals surface area contributed by atoms with E-state index in [-0.39, 0.29) is 11.9 Å². The summed E-state index contributed by atoms with van der Waals surface area (Å²) in [4.78, 5) is 24.4. The van der Waals surface area contributed by atoms with Gasteiger partial charge in [-0.25, -0.2) is 9.97 Å². The SMILES string of the molecule is O=C(NCC1CNC1)C1CCCN1c1ncnc2sccc12. The van der Waals surface area contributed by atoms with Crippen molar-refractivity contribution >= 4 is 33.3 Å². The highest BCUT2D eigenvalue weighted by Gasteiger charge is 2.33. The number of thiophene rings is 1. The Kier molecular flexibility index (Phi) is 3.67. The summed E-state index contributed by atoms with van der Waals surface area (Å²) in [6.45, 7) is 3.67. The Morgan fingerprint density at radius 2 is 2.36 bits per heavy atom. The molecule has 0 saturated carbocycles. The molecule has 0 radical (unpaired) electrons. The highest BCUT2D eigenvalue weighted by molar-refractivity contribution is 7.16. The van der Waals surface area contributed by atoms with Crippen molar-refractivity contribution in [1.29, 1.82) is 0 Å². The molecule has 2 aliphatic rings. The van der Waals surface area contributed by atoms with Crippen LogP contribution in [0, 0.1) is 5.92 Å². The van der Waals surface area contributed by atoms with Gasteiger partial charge in [0.2, 0.25) is 5.91 Å². The van der Waals surface area contributed by atoms with E-state index in [9.17, 15) is 4.79 Å². The lowest BCUT2D eigenvalue weighted by Crippen LogP contribution is -2.51. The topological polar surface area (TPSA) is 70.2 Å². The smallest absolute Gasteiger partial charge is 0.242 e. The molecule has 0 bridgehead atoms. The number of hydrogen-bond donors (Lipinski definition) is 2. The van der Waals surface area contributed by atoms with Crippen LogP contribution in [0.4, 0.5) is 5.82 Å². The number of anilines is 1. The van der Waals surface area contributed by atoms with Crippen molar-refractivity contribution in [2.75, 3.05) is 31.1 Å². The van der Waals surface area contributed by atoms with Crippen LogP contribution in [0.1, 0.15) is 12.8 Å². The maximum Gasteiger partial charge on any atom is 0.242 e. The molecule has 116 valence electrons. The molecule has 1 amide bonds. The summed E-state index contributed by atoms with van der Waals surface area (Å²) >= 11 is 1.61. The van der Waals surface area contributed by atoms with Gasteiger partial charge in [-0.2, -0.15) is 0 Å². The standard InChI is InChI=1S/C15H19N5OS/c21-14(17-8-10-6-16-7-10)12-2-1-4-20(12)13-11-3-5-22-15(11)19-9-18-13/h3,5,9-10,12,16H,1-2,4,6-8H2,(H,17,21). The summed E-state index contributed by atoms with van der Waals surface area (Å²) in [5.74, 6) is 1.61. The van der Waals surface area contributed by atoms with Crippen LogP contribution in [0.3, 0.4) is 0 Å². The molecule has 1 unspecified atom stereocenters. The predicted octanol–water partition coefficient (Wildman–Crippen LogP) is 0.996. The van der Waals surface area contributed by atoms with E-state index >= 15 is 0 Å². The molecule has 0 aliphatic carbocycles. The second-order valence-corrected chi connectivity index (χ2v) is 6.85. The van der Waals surface area contributed by atoms with E-state index in [1.165, 1.54) is 0 Å². The van der Waals surface area contributed by atoms with Gasteiger partial charge >= 0.3 is 0 Å². The van der Waals surface area contributed by atoms with E-state index < -0.39 is 0 Å². The third kappa shape index (κ3) is 2.44. The minimum absolute atomic E-state index is 0.106. The first-order valence-corrected chi connectivity index (χ1v) is 8.64.